The number of hydrogen-bond acceptors (Lipinski definition) is 7. The van der Waals surface area contributed by atoms with Crippen molar-refractivity contribution in [3.63, 3.8) is 0 Å². The number of carbonyl (C=O) groups is 4. The van der Waals surface area contributed by atoms with E-state index in [1.54, 1.807) is 48.5 Å². The Balaban J connectivity index is 2.10. The van der Waals surface area contributed by atoms with Gasteiger partial charge in [-0.3, -0.25) is 9.59 Å². The molecule has 2 aromatic carbocycles. The van der Waals surface area contributed by atoms with Crippen LogP contribution >= 0.6 is 0 Å². The maximum absolute atomic E-state index is 13.5. The largest absolute Gasteiger partial charge is 0.488 e. The van der Waals surface area contributed by atoms with Gasteiger partial charge in [-0.25, -0.2) is 9.59 Å². The Hall–Kier alpha value is -4.08. The molecule has 0 aliphatic carbocycles. The number of carbonyl (C=O) groups excluding carboxylic acids is 4. The zero-order chi connectivity index (χ0) is 34.7. The van der Waals surface area contributed by atoms with Crippen LogP contribution in [0, 0.1) is 5.92 Å². The molecule has 254 valence electrons. The van der Waals surface area contributed by atoms with Crippen molar-refractivity contribution in [3.05, 3.63) is 65.7 Å². The van der Waals surface area contributed by atoms with Crippen LogP contribution in [0.3, 0.4) is 0 Å². The van der Waals surface area contributed by atoms with E-state index in [-0.39, 0.29) is 36.7 Å². The van der Waals surface area contributed by atoms with E-state index < -0.39 is 41.4 Å². The molecule has 0 fully saturated rings. The summed E-state index contributed by atoms with van der Waals surface area (Å²) in [4.78, 5) is 51.9. The number of ether oxygens (including phenoxy) is 3. The van der Waals surface area contributed by atoms with Gasteiger partial charge in [0.05, 0.1) is 12.1 Å². The summed E-state index contributed by atoms with van der Waals surface area (Å²) in [5, 5.41) is 8.42. The Morgan fingerprint density at radius 1 is 0.674 bits per heavy atom. The molecule has 0 aliphatic rings. The van der Waals surface area contributed by atoms with Gasteiger partial charge in [-0.15, -0.1) is 0 Å². The van der Waals surface area contributed by atoms with E-state index >= 15 is 0 Å². The summed E-state index contributed by atoms with van der Waals surface area (Å²) in [6.07, 6.45) is -0.732. The second-order valence-corrected chi connectivity index (χ2v) is 14.6. The third kappa shape index (κ3) is 15.8. The van der Waals surface area contributed by atoms with Crippen LogP contribution in [0.1, 0.15) is 86.8 Å². The SMILES string of the molecule is C[C@@H](CC(=O)[C@H](Cc1ccc(OC(C)(C)C)cc1)NC(=O)OC(C)(C)C)C(=O)NC[C@H](Cc1ccccc1)NC(=O)OC(C)(C)C. The predicted octanol–water partition coefficient (Wildman–Crippen LogP) is 6.15. The molecule has 2 aromatic rings. The lowest BCUT2D eigenvalue weighted by Crippen LogP contribution is -2.48. The van der Waals surface area contributed by atoms with Gasteiger partial charge in [0.2, 0.25) is 5.91 Å². The highest BCUT2D eigenvalue weighted by Crippen LogP contribution is 2.20. The monoisotopic (exact) mass is 639 g/mol. The first-order chi connectivity index (χ1) is 21.2. The Kier molecular flexibility index (Phi) is 13.6. The first-order valence-electron chi connectivity index (χ1n) is 15.8. The van der Waals surface area contributed by atoms with E-state index in [1.807, 2.05) is 75.4 Å². The van der Waals surface area contributed by atoms with Gasteiger partial charge in [0.25, 0.3) is 0 Å². The van der Waals surface area contributed by atoms with Crippen LogP contribution in [-0.2, 0) is 31.9 Å². The third-order valence-electron chi connectivity index (χ3n) is 6.39. The van der Waals surface area contributed by atoms with Crippen LogP contribution in [-0.4, -0.2) is 59.3 Å². The summed E-state index contributed by atoms with van der Waals surface area (Å²) in [6, 6.07) is 15.6. The van der Waals surface area contributed by atoms with Crippen molar-refractivity contribution >= 4 is 23.9 Å². The van der Waals surface area contributed by atoms with Crippen LogP contribution in [0.25, 0.3) is 0 Å². The van der Waals surface area contributed by atoms with Crippen molar-refractivity contribution in [2.75, 3.05) is 6.54 Å². The summed E-state index contributed by atoms with van der Waals surface area (Å²) >= 11 is 0. The maximum atomic E-state index is 13.5. The van der Waals surface area contributed by atoms with E-state index in [1.165, 1.54) is 0 Å². The molecule has 3 atom stereocenters. The summed E-state index contributed by atoms with van der Waals surface area (Å²) in [5.74, 6) is -0.665. The normalized spacial score (nSPS) is 13.9. The fraction of sp³-hybridized carbons (Fsp3) is 0.556. The summed E-state index contributed by atoms with van der Waals surface area (Å²) in [5.41, 5.74) is 0.00820. The van der Waals surface area contributed by atoms with E-state index in [4.69, 9.17) is 14.2 Å². The minimum Gasteiger partial charge on any atom is -0.488 e. The van der Waals surface area contributed by atoms with Crippen LogP contribution in [0.15, 0.2) is 54.6 Å². The molecule has 0 aliphatic heterocycles. The first kappa shape index (κ1) is 38.1. The van der Waals surface area contributed by atoms with Crippen LogP contribution in [0.4, 0.5) is 9.59 Å². The second-order valence-electron chi connectivity index (χ2n) is 14.6. The van der Waals surface area contributed by atoms with Crippen molar-refractivity contribution < 1.29 is 33.4 Å². The van der Waals surface area contributed by atoms with Crippen molar-refractivity contribution in [1.29, 1.82) is 0 Å². The number of amides is 3. The van der Waals surface area contributed by atoms with Crippen molar-refractivity contribution in [2.24, 2.45) is 5.92 Å². The van der Waals surface area contributed by atoms with Crippen molar-refractivity contribution in [3.8, 4) is 5.75 Å². The molecular weight excluding hydrogens is 586 g/mol. The molecule has 46 heavy (non-hydrogen) atoms. The van der Waals surface area contributed by atoms with Crippen molar-refractivity contribution in [2.45, 2.75) is 117 Å². The average Bonchev–Trinajstić information content (AvgIpc) is 2.89. The summed E-state index contributed by atoms with van der Waals surface area (Å²) < 4.78 is 16.7. The Bertz CT molecular complexity index is 1290. The lowest BCUT2D eigenvalue weighted by Gasteiger charge is -2.25. The first-order valence-corrected chi connectivity index (χ1v) is 15.8. The fourth-order valence-corrected chi connectivity index (χ4v) is 4.46. The lowest BCUT2D eigenvalue weighted by atomic mass is 9.95. The van der Waals surface area contributed by atoms with Crippen LogP contribution in [0.5, 0.6) is 5.75 Å². The molecule has 10 heteroatoms. The Morgan fingerprint density at radius 3 is 1.72 bits per heavy atom. The molecule has 3 amide bonds. The average molecular weight is 640 g/mol. The number of Topliss-reactive ketones (excluding diaryl/α,β-unsaturated/α-hetero) is 1. The fourth-order valence-electron chi connectivity index (χ4n) is 4.46. The Labute approximate surface area is 274 Å². The van der Waals surface area contributed by atoms with Gasteiger partial charge < -0.3 is 30.2 Å². The minimum atomic E-state index is -0.917. The molecule has 0 unspecified atom stereocenters. The molecule has 0 saturated carbocycles. The number of rotatable bonds is 13. The standard InChI is InChI=1S/C36H53N3O7/c1-24(31(41)37-23-27(21-25-14-12-11-13-15-25)38-32(42)45-35(5,6)7)20-30(40)29(39-33(43)46-36(8,9)10)22-26-16-18-28(19-17-26)44-34(2,3)4/h11-19,24,27,29H,20-23H2,1-10H3,(H,37,41)(H,38,42)(H,39,43)/t24-,27-,29-/m0/s1. The highest BCUT2D eigenvalue weighted by atomic mass is 16.6. The molecule has 0 radical (unpaired) electrons. The molecule has 3 N–H and O–H groups in total. The van der Waals surface area contributed by atoms with Gasteiger partial charge in [-0.1, -0.05) is 49.4 Å². The molecule has 0 saturated heterocycles. The zero-order valence-corrected chi connectivity index (χ0v) is 29.1. The number of benzene rings is 2. The van der Waals surface area contributed by atoms with Gasteiger partial charge in [-0.2, -0.15) is 0 Å². The zero-order valence-electron chi connectivity index (χ0n) is 29.1. The molecule has 0 bridgehead atoms. The molecular formula is C36H53N3O7. The van der Waals surface area contributed by atoms with Gasteiger partial charge in [0, 0.05) is 18.9 Å². The van der Waals surface area contributed by atoms with Gasteiger partial charge in [-0.05, 0) is 98.4 Å². The van der Waals surface area contributed by atoms with Crippen LogP contribution in [0.2, 0.25) is 0 Å². The third-order valence-corrected chi connectivity index (χ3v) is 6.39. The lowest BCUT2D eigenvalue weighted by molar-refractivity contribution is -0.129. The van der Waals surface area contributed by atoms with Crippen LogP contribution < -0.4 is 20.7 Å². The van der Waals surface area contributed by atoms with E-state index in [2.05, 4.69) is 16.0 Å². The smallest absolute Gasteiger partial charge is 0.408 e. The van der Waals surface area contributed by atoms with Crippen molar-refractivity contribution in [1.82, 2.24) is 16.0 Å². The molecule has 2 rings (SSSR count). The number of hydrogen-bond donors (Lipinski definition) is 3. The van der Waals surface area contributed by atoms with Gasteiger partial charge in [0.15, 0.2) is 5.78 Å². The number of alkyl carbamates (subject to hydrolysis) is 2. The molecule has 0 aromatic heterocycles. The Morgan fingerprint density at radius 2 is 1.20 bits per heavy atom. The highest BCUT2D eigenvalue weighted by Gasteiger charge is 2.28. The van der Waals surface area contributed by atoms with E-state index in [0.29, 0.717) is 12.2 Å². The molecule has 10 nitrogen and oxygen atoms in total. The number of ketones is 1. The summed E-state index contributed by atoms with van der Waals surface area (Å²) in [7, 11) is 0. The maximum Gasteiger partial charge on any atom is 0.408 e. The van der Waals surface area contributed by atoms with E-state index in [0.717, 1.165) is 11.1 Å². The highest BCUT2D eigenvalue weighted by molar-refractivity contribution is 5.91. The van der Waals surface area contributed by atoms with Gasteiger partial charge in [0.1, 0.15) is 22.6 Å². The molecule has 0 spiro atoms. The van der Waals surface area contributed by atoms with E-state index in [9.17, 15) is 19.2 Å². The predicted molar refractivity (Wildman–Crippen MR) is 179 cm³/mol. The number of nitrogens with one attached hydrogen (secondary N) is 3. The molecule has 0 heterocycles. The topological polar surface area (TPSA) is 132 Å². The quantitative estimate of drug-likeness (QED) is 0.240. The second kappa shape index (κ2) is 16.5. The summed E-state index contributed by atoms with van der Waals surface area (Å²) in [6.45, 7) is 18.2. The van der Waals surface area contributed by atoms with Gasteiger partial charge >= 0.3 is 12.2 Å². The minimum absolute atomic E-state index is 0.111.